The Morgan fingerprint density at radius 3 is 2.29 bits per heavy atom. The Kier molecular flexibility index (Phi) is 4.69. The van der Waals surface area contributed by atoms with E-state index in [0.29, 0.717) is 5.56 Å². The van der Waals surface area contributed by atoms with Gasteiger partial charge in [0.15, 0.2) is 6.04 Å². The van der Waals surface area contributed by atoms with E-state index in [1.807, 2.05) is 12.1 Å². The third-order valence-corrected chi connectivity index (χ3v) is 2.45. The lowest BCUT2D eigenvalue weighted by Crippen LogP contribution is -2.31. The van der Waals surface area contributed by atoms with Gasteiger partial charge < -0.3 is 10.4 Å². The van der Waals surface area contributed by atoms with Gasteiger partial charge in [0.1, 0.15) is 0 Å². The van der Waals surface area contributed by atoms with Gasteiger partial charge in [0.2, 0.25) is 5.91 Å². The molecule has 92 valence electrons. The van der Waals surface area contributed by atoms with Crippen molar-refractivity contribution in [3.8, 4) is 0 Å². The van der Waals surface area contributed by atoms with E-state index in [-0.39, 0.29) is 5.91 Å². The van der Waals surface area contributed by atoms with Crippen molar-refractivity contribution in [1.82, 2.24) is 5.32 Å². The van der Waals surface area contributed by atoms with Gasteiger partial charge in [-0.3, -0.25) is 4.79 Å². The summed E-state index contributed by atoms with van der Waals surface area (Å²) in [6, 6.07) is 6.33. The molecule has 0 aromatic heterocycles. The third kappa shape index (κ3) is 3.90. The maximum Gasteiger partial charge on any atom is 0.330 e. The molecule has 0 spiro atoms. The Labute approximate surface area is 101 Å². The van der Waals surface area contributed by atoms with Gasteiger partial charge in [-0.2, -0.15) is 0 Å². The quantitative estimate of drug-likeness (QED) is 0.819. The van der Waals surface area contributed by atoms with Gasteiger partial charge >= 0.3 is 5.97 Å². The maximum atomic E-state index is 11.0. The molecule has 0 saturated carbocycles. The number of carboxylic acid groups (broad SMARTS) is 1. The Hall–Kier alpha value is -1.84. The van der Waals surface area contributed by atoms with Crippen molar-refractivity contribution in [2.24, 2.45) is 0 Å². The molecule has 17 heavy (non-hydrogen) atoms. The standard InChI is InChI=1S/C13H17NO3/c1-3-4-10-5-7-11(8-6-10)12(13(16)17)14-9(2)15/h5-8,12H,3-4H2,1-2H3,(H,14,15)(H,16,17). The van der Waals surface area contributed by atoms with Crippen LogP contribution in [0.15, 0.2) is 24.3 Å². The number of amides is 1. The molecule has 0 fully saturated rings. The van der Waals surface area contributed by atoms with E-state index in [4.69, 9.17) is 5.11 Å². The van der Waals surface area contributed by atoms with E-state index in [0.717, 1.165) is 12.8 Å². The summed E-state index contributed by atoms with van der Waals surface area (Å²) in [7, 11) is 0. The number of hydrogen-bond acceptors (Lipinski definition) is 2. The summed E-state index contributed by atoms with van der Waals surface area (Å²) in [5.74, 6) is -1.40. The zero-order valence-corrected chi connectivity index (χ0v) is 10.1. The summed E-state index contributed by atoms with van der Waals surface area (Å²) in [4.78, 5) is 22.0. The summed E-state index contributed by atoms with van der Waals surface area (Å²) in [5.41, 5.74) is 1.76. The van der Waals surface area contributed by atoms with Gasteiger partial charge in [0, 0.05) is 6.92 Å². The van der Waals surface area contributed by atoms with Crippen LogP contribution in [0.5, 0.6) is 0 Å². The van der Waals surface area contributed by atoms with Crippen LogP contribution in [0.1, 0.15) is 37.4 Å². The molecular weight excluding hydrogens is 218 g/mol. The second-order valence-electron chi connectivity index (χ2n) is 3.96. The summed E-state index contributed by atoms with van der Waals surface area (Å²) in [6.45, 7) is 3.40. The van der Waals surface area contributed by atoms with Gasteiger partial charge in [-0.05, 0) is 17.5 Å². The highest BCUT2D eigenvalue weighted by molar-refractivity contribution is 5.83. The Bertz CT molecular complexity index is 398. The molecule has 1 aromatic rings. The van der Waals surface area contributed by atoms with Gasteiger partial charge in [0.25, 0.3) is 0 Å². The van der Waals surface area contributed by atoms with Crippen molar-refractivity contribution < 1.29 is 14.7 Å². The highest BCUT2D eigenvalue weighted by Crippen LogP contribution is 2.15. The Balaban J connectivity index is 2.87. The lowest BCUT2D eigenvalue weighted by molar-refractivity contribution is -0.141. The second-order valence-corrected chi connectivity index (χ2v) is 3.96. The van der Waals surface area contributed by atoms with Gasteiger partial charge in [-0.15, -0.1) is 0 Å². The molecule has 2 N–H and O–H groups in total. The van der Waals surface area contributed by atoms with Crippen LogP contribution in [-0.2, 0) is 16.0 Å². The van der Waals surface area contributed by atoms with Crippen LogP contribution in [0.25, 0.3) is 0 Å². The number of hydrogen-bond donors (Lipinski definition) is 2. The number of carboxylic acids is 1. The molecule has 1 unspecified atom stereocenters. The second kappa shape index (κ2) is 6.03. The van der Waals surface area contributed by atoms with Crippen molar-refractivity contribution in [2.75, 3.05) is 0 Å². The molecule has 0 aliphatic rings. The van der Waals surface area contributed by atoms with Crippen molar-refractivity contribution >= 4 is 11.9 Å². The summed E-state index contributed by atoms with van der Waals surface area (Å²) in [6.07, 6.45) is 2.02. The van der Waals surface area contributed by atoms with Crippen molar-refractivity contribution in [2.45, 2.75) is 32.7 Å². The predicted octanol–water partition coefficient (Wildman–Crippen LogP) is 1.90. The topological polar surface area (TPSA) is 66.4 Å². The molecule has 4 nitrogen and oxygen atoms in total. The highest BCUT2D eigenvalue weighted by Gasteiger charge is 2.20. The average Bonchev–Trinajstić information content (AvgIpc) is 2.27. The van der Waals surface area contributed by atoms with Crippen LogP contribution in [-0.4, -0.2) is 17.0 Å². The van der Waals surface area contributed by atoms with Crippen molar-refractivity contribution in [3.05, 3.63) is 35.4 Å². The molecule has 1 rings (SSSR count). The normalized spacial score (nSPS) is 11.9. The minimum atomic E-state index is -1.05. The number of rotatable bonds is 5. The zero-order valence-electron chi connectivity index (χ0n) is 10.1. The first-order chi connectivity index (χ1) is 8.04. The van der Waals surface area contributed by atoms with Crippen LogP contribution in [0.2, 0.25) is 0 Å². The molecule has 0 radical (unpaired) electrons. The molecule has 1 amide bonds. The molecule has 0 saturated heterocycles. The summed E-state index contributed by atoms with van der Waals surface area (Å²) < 4.78 is 0. The molecule has 1 atom stereocenters. The molecular formula is C13H17NO3. The molecule has 0 heterocycles. The van der Waals surface area contributed by atoms with E-state index >= 15 is 0 Å². The number of carbonyl (C=O) groups is 2. The average molecular weight is 235 g/mol. The first-order valence-corrected chi connectivity index (χ1v) is 5.63. The first kappa shape index (κ1) is 13.2. The number of benzene rings is 1. The van der Waals surface area contributed by atoms with Crippen LogP contribution < -0.4 is 5.32 Å². The predicted molar refractivity (Wildman–Crippen MR) is 64.6 cm³/mol. The molecule has 4 heteroatoms. The number of carbonyl (C=O) groups excluding carboxylic acids is 1. The van der Waals surface area contributed by atoms with E-state index in [9.17, 15) is 9.59 Å². The Morgan fingerprint density at radius 2 is 1.88 bits per heavy atom. The first-order valence-electron chi connectivity index (χ1n) is 5.63. The monoisotopic (exact) mass is 235 g/mol. The Morgan fingerprint density at radius 1 is 1.29 bits per heavy atom. The fourth-order valence-electron chi connectivity index (χ4n) is 1.66. The van der Waals surface area contributed by atoms with E-state index in [2.05, 4.69) is 12.2 Å². The maximum absolute atomic E-state index is 11.0. The minimum absolute atomic E-state index is 0.352. The molecule has 1 aromatic carbocycles. The van der Waals surface area contributed by atoms with E-state index < -0.39 is 12.0 Å². The fourth-order valence-corrected chi connectivity index (χ4v) is 1.66. The van der Waals surface area contributed by atoms with Crippen molar-refractivity contribution in [3.63, 3.8) is 0 Å². The lowest BCUT2D eigenvalue weighted by atomic mass is 10.0. The van der Waals surface area contributed by atoms with Gasteiger partial charge in [-0.1, -0.05) is 37.6 Å². The summed E-state index contributed by atoms with van der Waals surface area (Å²) >= 11 is 0. The highest BCUT2D eigenvalue weighted by atomic mass is 16.4. The van der Waals surface area contributed by atoms with Crippen molar-refractivity contribution in [1.29, 1.82) is 0 Å². The third-order valence-electron chi connectivity index (χ3n) is 2.45. The smallest absolute Gasteiger partial charge is 0.330 e. The number of aryl methyl sites for hydroxylation is 1. The number of aliphatic carboxylic acids is 1. The number of nitrogens with one attached hydrogen (secondary N) is 1. The minimum Gasteiger partial charge on any atom is -0.479 e. The van der Waals surface area contributed by atoms with E-state index in [1.54, 1.807) is 12.1 Å². The largest absolute Gasteiger partial charge is 0.479 e. The van der Waals surface area contributed by atoms with Crippen LogP contribution in [0, 0.1) is 0 Å². The SMILES string of the molecule is CCCc1ccc(C(NC(C)=O)C(=O)O)cc1. The molecule has 0 aliphatic carbocycles. The van der Waals surface area contributed by atoms with Gasteiger partial charge in [0.05, 0.1) is 0 Å². The lowest BCUT2D eigenvalue weighted by Gasteiger charge is -2.13. The van der Waals surface area contributed by atoms with E-state index in [1.165, 1.54) is 12.5 Å². The zero-order chi connectivity index (χ0) is 12.8. The fraction of sp³-hybridized carbons (Fsp3) is 0.385. The van der Waals surface area contributed by atoms with Crippen LogP contribution in [0.3, 0.4) is 0 Å². The summed E-state index contributed by atoms with van der Waals surface area (Å²) in [5, 5.41) is 11.4. The molecule has 0 bridgehead atoms. The van der Waals surface area contributed by atoms with Crippen LogP contribution >= 0.6 is 0 Å². The van der Waals surface area contributed by atoms with Crippen LogP contribution in [0.4, 0.5) is 0 Å². The van der Waals surface area contributed by atoms with Gasteiger partial charge in [-0.25, -0.2) is 4.79 Å². The molecule has 0 aliphatic heterocycles.